The van der Waals surface area contributed by atoms with Gasteiger partial charge in [-0.25, -0.2) is 4.99 Å². The molecular formula is C23H34N4O4. The van der Waals surface area contributed by atoms with Gasteiger partial charge in [0.05, 0.1) is 18.9 Å². The first-order valence-electron chi connectivity index (χ1n) is 11.2. The second kappa shape index (κ2) is 11.0. The van der Waals surface area contributed by atoms with Crippen LogP contribution in [0.5, 0.6) is 5.75 Å². The van der Waals surface area contributed by atoms with Gasteiger partial charge in [-0.1, -0.05) is 19.3 Å². The van der Waals surface area contributed by atoms with E-state index in [4.69, 9.17) is 20.2 Å². The number of guanidine groups is 1. The fraction of sp³-hybridized carbons (Fsp3) is 0.609. The Morgan fingerprint density at radius 3 is 2.74 bits per heavy atom. The predicted molar refractivity (Wildman–Crippen MR) is 119 cm³/mol. The minimum atomic E-state index is -0.326. The Bertz CT molecular complexity index is 805. The summed E-state index contributed by atoms with van der Waals surface area (Å²) in [5, 5.41) is 0. The summed E-state index contributed by atoms with van der Waals surface area (Å²) >= 11 is 0. The first-order valence-corrected chi connectivity index (χ1v) is 11.2. The number of benzene rings is 1. The summed E-state index contributed by atoms with van der Waals surface area (Å²) in [6.45, 7) is 3.31. The number of esters is 1. The molecule has 0 saturated heterocycles. The van der Waals surface area contributed by atoms with E-state index in [-0.39, 0.29) is 18.4 Å². The molecule has 2 N–H and O–H groups in total. The van der Waals surface area contributed by atoms with Crippen LogP contribution in [0.1, 0.15) is 57.4 Å². The second-order valence-corrected chi connectivity index (χ2v) is 8.18. The zero-order chi connectivity index (χ0) is 22.2. The molecule has 31 heavy (non-hydrogen) atoms. The molecule has 0 atom stereocenters. The van der Waals surface area contributed by atoms with Crippen molar-refractivity contribution in [3.8, 4) is 5.75 Å². The van der Waals surface area contributed by atoms with E-state index < -0.39 is 0 Å². The quantitative estimate of drug-likeness (QED) is 0.478. The number of rotatable bonds is 9. The first kappa shape index (κ1) is 22.9. The molecule has 2 aliphatic rings. The summed E-state index contributed by atoms with van der Waals surface area (Å²) in [7, 11) is 2.08. The molecule has 3 rings (SSSR count). The Morgan fingerprint density at radius 2 is 2.03 bits per heavy atom. The van der Waals surface area contributed by atoms with Crippen LogP contribution >= 0.6 is 0 Å². The highest BCUT2D eigenvalue weighted by molar-refractivity contribution is 5.88. The topological polar surface area (TPSA) is 97.5 Å². The number of carbonyl (C=O) groups is 2. The molecule has 1 aromatic carbocycles. The molecule has 1 amide bonds. The van der Waals surface area contributed by atoms with Gasteiger partial charge in [0.25, 0.3) is 0 Å². The summed E-state index contributed by atoms with van der Waals surface area (Å²) in [5.41, 5.74) is 7.06. The summed E-state index contributed by atoms with van der Waals surface area (Å²) in [5.74, 6) is 0.961. The average Bonchev–Trinajstić information content (AvgIpc) is 2.76. The molecule has 1 heterocycles. The number of aliphatic imine (C=N–C) groups is 1. The largest absolute Gasteiger partial charge is 0.494 e. The van der Waals surface area contributed by atoms with Crippen LogP contribution in [0.25, 0.3) is 0 Å². The second-order valence-electron chi connectivity index (χ2n) is 8.18. The van der Waals surface area contributed by atoms with Crippen LogP contribution in [-0.2, 0) is 20.9 Å². The van der Waals surface area contributed by atoms with Gasteiger partial charge in [-0.3, -0.25) is 9.59 Å². The van der Waals surface area contributed by atoms with Crippen molar-refractivity contribution in [2.45, 2.75) is 64.5 Å². The van der Waals surface area contributed by atoms with Crippen LogP contribution in [0.3, 0.4) is 0 Å². The number of hydrogen-bond donors (Lipinski definition) is 1. The van der Waals surface area contributed by atoms with Gasteiger partial charge < -0.3 is 25.0 Å². The zero-order valence-electron chi connectivity index (χ0n) is 18.6. The van der Waals surface area contributed by atoms with Gasteiger partial charge in [-0.05, 0) is 44.4 Å². The normalized spacial score (nSPS) is 16.3. The van der Waals surface area contributed by atoms with Gasteiger partial charge in [0.2, 0.25) is 11.9 Å². The van der Waals surface area contributed by atoms with Crippen molar-refractivity contribution in [2.24, 2.45) is 10.7 Å². The van der Waals surface area contributed by atoms with Crippen LogP contribution in [0, 0.1) is 0 Å². The molecule has 0 spiro atoms. The standard InChI is InChI=1S/C23H34N4O4/c1-3-30-22(29)16-27-15-17-14-19(31-13-7-10-21(24)28)11-12-20(17)25-23(27)26(2)18-8-5-4-6-9-18/h11-12,14,18H,3-10,13,15-16H2,1-2H3,(H2,24,28). The molecular weight excluding hydrogens is 396 g/mol. The monoisotopic (exact) mass is 430 g/mol. The summed E-state index contributed by atoms with van der Waals surface area (Å²) in [6, 6.07) is 6.24. The van der Waals surface area contributed by atoms with E-state index in [2.05, 4.69) is 11.9 Å². The predicted octanol–water partition coefficient (Wildman–Crippen LogP) is 2.96. The summed E-state index contributed by atoms with van der Waals surface area (Å²) < 4.78 is 11.0. The lowest BCUT2D eigenvalue weighted by Gasteiger charge is -2.40. The number of carbonyl (C=O) groups excluding carboxylic acids is 2. The van der Waals surface area contributed by atoms with Crippen molar-refractivity contribution in [1.82, 2.24) is 9.80 Å². The van der Waals surface area contributed by atoms with Gasteiger partial charge in [0.1, 0.15) is 12.3 Å². The van der Waals surface area contributed by atoms with E-state index in [9.17, 15) is 9.59 Å². The molecule has 1 fully saturated rings. The fourth-order valence-electron chi connectivity index (χ4n) is 4.20. The number of hydrogen-bond acceptors (Lipinski definition) is 7. The van der Waals surface area contributed by atoms with Gasteiger partial charge in [-0.15, -0.1) is 0 Å². The molecule has 8 heteroatoms. The molecule has 8 nitrogen and oxygen atoms in total. The van der Waals surface area contributed by atoms with Gasteiger partial charge in [-0.2, -0.15) is 0 Å². The summed E-state index contributed by atoms with van der Waals surface area (Å²) in [6.07, 6.45) is 6.92. The van der Waals surface area contributed by atoms with Gasteiger partial charge in [0, 0.05) is 31.6 Å². The Hall–Kier alpha value is -2.77. The third kappa shape index (κ3) is 6.35. The zero-order valence-corrected chi connectivity index (χ0v) is 18.6. The molecule has 1 aliphatic heterocycles. The van der Waals surface area contributed by atoms with E-state index in [1.165, 1.54) is 19.3 Å². The third-order valence-corrected chi connectivity index (χ3v) is 5.81. The SMILES string of the molecule is CCOC(=O)CN1Cc2cc(OCCCC(N)=O)ccc2N=C1N(C)C1CCCCC1. The molecule has 1 aliphatic carbocycles. The maximum atomic E-state index is 12.3. The maximum Gasteiger partial charge on any atom is 0.325 e. The van der Waals surface area contributed by atoms with Crippen LogP contribution in [0.15, 0.2) is 23.2 Å². The van der Waals surface area contributed by atoms with Crippen LogP contribution < -0.4 is 10.5 Å². The van der Waals surface area contributed by atoms with E-state index in [1.54, 1.807) is 0 Å². The fourth-order valence-corrected chi connectivity index (χ4v) is 4.20. The minimum Gasteiger partial charge on any atom is -0.494 e. The van der Waals surface area contributed by atoms with Crippen molar-refractivity contribution in [1.29, 1.82) is 0 Å². The lowest BCUT2D eigenvalue weighted by molar-refractivity contribution is -0.143. The van der Waals surface area contributed by atoms with Crippen LogP contribution in [0.4, 0.5) is 5.69 Å². The smallest absolute Gasteiger partial charge is 0.325 e. The molecule has 170 valence electrons. The third-order valence-electron chi connectivity index (χ3n) is 5.81. The number of fused-ring (bicyclic) bond motifs is 1. The molecule has 0 unspecified atom stereocenters. The maximum absolute atomic E-state index is 12.3. The van der Waals surface area contributed by atoms with Crippen molar-refractivity contribution >= 4 is 23.5 Å². The Labute approximate surface area is 184 Å². The Kier molecular flexibility index (Phi) is 8.14. The van der Waals surface area contributed by atoms with Crippen LogP contribution in [0.2, 0.25) is 0 Å². The number of amides is 1. The van der Waals surface area contributed by atoms with E-state index in [0.29, 0.717) is 38.6 Å². The van der Waals surface area contributed by atoms with Crippen molar-refractivity contribution < 1.29 is 19.1 Å². The number of ether oxygens (including phenoxy) is 2. The lowest BCUT2D eigenvalue weighted by atomic mass is 9.94. The van der Waals surface area contributed by atoms with Crippen molar-refractivity contribution in [2.75, 3.05) is 26.8 Å². The van der Waals surface area contributed by atoms with E-state index in [0.717, 1.165) is 35.8 Å². The minimum absolute atomic E-state index is 0.160. The van der Waals surface area contributed by atoms with E-state index >= 15 is 0 Å². The van der Waals surface area contributed by atoms with Crippen molar-refractivity contribution in [3.63, 3.8) is 0 Å². The molecule has 1 aromatic rings. The Morgan fingerprint density at radius 1 is 1.26 bits per heavy atom. The first-order chi connectivity index (χ1) is 15.0. The summed E-state index contributed by atoms with van der Waals surface area (Å²) in [4.78, 5) is 32.3. The molecule has 0 bridgehead atoms. The molecule has 0 aromatic heterocycles. The Balaban J connectivity index is 1.77. The highest BCUT2D eigenvalue weighted by atomic mass is 16.5. The van der Waals surface area contributed by atoms with Crippen molar-refractivity contribution in [3.05, 3.63) is 23.8 Å². The lowest BCUT2D eigenvalue weighted by Crippen LogP contribution is -2.50. The molecule has 1 saturated carbocycles. The highest BCUT2D eigenvalue weighted by Crippen LogP contribution is 2.32. The number of nitrogens with zero attached hydrogens (tertiary/aromatic N) is 3. The van der Waals surface area contributed by atoms with Gasteiger partial charge >= 0.3 is 5.97 Å². The number of primary amides is 1. The number of nitrogens with two attached hydrogens (primary N) is 1. The van der Waals surface area contributed by atoms with Crippen LogP contribution in [-0.4, -0.2) is 60.5 Å². The average molecular weight is 431 g/mol. The van der Waals surface area contributed by atoms with Gasteiger partial charge in [0.15, 0.2) is 0 Å². The highest BCUT2D eigenvalue weighted by Gasteiger charge is 2.29. The molecule has 0 radical (unpaired) electrons. The van der Waals surface area contributed by atoms with E-state index in [1.807, 2.05) is 30.0 Å².